The number of nitrogens with zero attached hydrogens (tertiary/aromatic N) is 3. The molecule has 2 aliphatic carbocycles. The molecule has 3 aromatic rings. The topological polar surface area (TPSA) is 99.1 Å². The van der Waals surface area contributed by atoms with Gasteiger partial charge in [-0.2, -0.15) is 0 Å². The molecule has 8 atom stereocenters. The molecule has 32 heavy (non-hydrogen) atoms. The number of aromatic nitrogens is 4. The van der Waals surface area contributed by atoms with Crippen LogP contribution in [0.1, 0.15) is 29.5 Å². The number of carbonyl (C=O) groups is 1. The van der Waals surface area contributed by atoms with Crippen LogP contribution in [0.2, 0.25) is 0 Å². The number of hydrazine groups is 1. The number of anilines is 1. The van der Waals surface area contributed by atoms with Gasteiger partial charge in [0.15, 0.2) is 11.5 Å². The highest BCUT2D eigenvalue weighted by atomic mass is 35.5. The summed E-state index contributed by atoms with van der Waals surface area (Å²) in [6.07, 6.45) is 6.53. The van der Waals surface area contributed by atoms with Gasteiger partial charge in [-0.3, -0.25) is 20.6 Å². The Balaban J connectivity index is 1.30. The summed E-state index contributed by atoms with van der Waals surface area (Å²) in [7, 11) is 0. The van der Waals surface area contributed by atoms with E-state index in [1.54, 1.807) is 29.2 Å². The zero-order valence-corrected chi connectivity index (χ0v) is 17.6. The van der Waals surface area contributed by atoms with Crippen molar-refractivity contribution in [3.05, 3.63) is 48.3 Å². The van der Waals surface area contributed by atoms with Crippen molar-refractivity contribution < 1.29 is 13.6 Å². The molecule has 1 saturated heterocycles. The normalized spacial score (nSPS) is 36.2. The third-order valence-electron chi connectivity index (χ3n) is 6.92. The molecule has 3 aromatic heterocycles. The lowest BCUT2D eigenvalue weighted by molar-refractivity contribution is -0.117. The second-order valence-corrected chi connectivity index (χ2v) is 9.35. The van der Waals surface area contributed by atoms with Crippen molar-refractivity contribution in [3.63, 3.8) is 0 Å². The van der Waals surface area contributed by atoms with Gasteiger partial charge in [0.25, 0.3) is 0 Å². The first-order valence-corrected chi connectivity index (χ1v) is 11.1. The SMILES string of the molecule is O=C(Nc1cn2cc(C3C(Cl)C(F)C(c4cc[nH]c4)C4NNCC43)ncc2n1)[C@@H]1C[C@@H]1F. The maximum Gasteiger partial charge on any atom is 0.231 e. The van der Waals surface area contributed by atoms with E-state index in [0.717, 1.165) is 5.56 Å². The molecular formula is C21H22ClF2N7O. The van der Waals surface area contributed by atoms with Crippen LogP contribution >= 0.6 is 11.6 Å². The molecule has 11 heteroatoms. The Labute approximate surface area is 187 Å². The molecule has 4 heterocycles. The van der Waals surface area contributed by atoms with Crippen LogP contribution in [0, 0.1) is 11.8 Å². The van der Waals surface area contributed by atoms with E-state index in [4.69, 9.17) is 11.6 Å². The molecule has 6 unspecified atom stereocenters. The summed E-state index contributed by atoms with van der Waals surface area (Å²) < 4.78 is 30.5. The van der Waals surface area contributed by atoms with Crippen molar-refractivity contribution >= 4 is 29.0 Å². The fourth-order valence-electron chi connectivity index (χ4n) is 5.18. The average Bonchev–Trinajstić information content (AvgIpc) is 3.21. The van der Waals surface area contributed by atoms with Gasteiger partial charge in [-0.15, -0.1) is 11.6 Å². The molecule has 0 radical (unpaired) electrons. The number of halogens is 3. The average molecular weight is 462 g/mol. The van der Waals surface area contributed by atoms with Crippen molar-refractivity contribution in [2.45, 2.75) is 42.0 Å². The van der Waals surface area contributed by atoms with Crippen LogP contribution in [0.3, 0.4) is 0 Å². The number of nitrogens with one attached hydrogen (secondary N) is 4. The van der Waals surface area contributed by atoms with Gasteiger partial charge in [-0.1, -0.05) is 0 Å². The minimum Gasteiger partial charge on any atom is -0.367 e. The number of rotatable bonds is 4. The lowest BCUT2D eigenvalue weighted by Crippen LogP contribution is -2.52. The number of fused-ring (bicyclic) bond motifs is 2. The largest absolute Gasteiger partial charge is 0.367 e. The van der Waals surface area contributed by atoms with Crippen molar-refractivity contribution in [1.29, 1.82) is 0 Å². The Morgan fingerprint density at radius 3 is 2.88 bits per heavy atom. The van der Waals surface area contributed by atoms with E-state index in [0.29, 0.717) is 23.7 Å². The van der Waals surface area contributed by atoms with Gasteiger partial charge in [0, 0.05) is 48.9 Å². The summed E-state index contributed by atoms with van der Waals surface area (Å²) in [6.45, 7) is 0.642. The number of hydrogen-bond donors (Lipinski definition) is 4. The Bertz CT molecular complexity index is 1150. The third kappa shape index (κ3) is 3.20. The van der Waals surface area contributed by atoms with Crippen LogP contribution < -0.4 is 16.2 Å². The van der Waals surface area contributed by atoms with Crippen LogP contribution in [0.5, 0.6) is 0 Å². The number of carbonyl (C=O) groups excluding carboxylic acids is 1. The van der Waals surface area contributed by atoms with Gasteiger partial charge in [0.2, 0.25) is 5.91 Å². The van der Waals surface area contributed by atoms with Crippen LogP contribution in [-0.2, 0) is 4.79 Å². The Morgan fingerprint density at radius 1 is 1.28 bits per heavy atom. The number of alkyl halides is 3. The first-order valence-electron chi connectivity index (χ1n) is 10.7. The quantitative estimate of drug-likeness (QED) is 0.447. The molecule has 4 N–H and O–H groups in total. The summed E-state index contributed by atoms with van der Waals surface area (Å²) in [5, 5.41) is 1.89. The predicted octanol–water partition coefficient (Wildman–Crippen LogP) is 2.27. The van der Waals surface area contributed by atoms with Crippen LogP contribution in [-0.4, -0.2) is 55.6 Å². The highest BCUT2D eigenvalue weighted by Gasteiger charge is 2.54. The molecule has 8 nitrogen and oxygen atoms in total. The van der Waals surface area contributed by atoms with Gasteiger partial charge in [-0.25, -0.2) is 13.8 Å². The maximum atomic E-state index is 15.6. The number of aromatic amines is 1. The standard InChI is InChI=1S/C21H22ClF2N7O/c22-18-17(11-5-27-30-20(11)16(19(18)24)9-1-2-25-4-9)13-7-31-8-14(28-15(31)6-26-13)29-21(32)10-3-12(10)23/h1-2,4,6-8,10-12,16-20,25,27,30H,3,5H2,(H,29,32)/t10-,11?,12+,16?,17?,18?,19?,20?/m1/s1. The monoisotopic (exact) mass is 461 g/mol. The van der Waals surface area contributed by atoms with Crippen LogP contribution in [0.4, 0.5) is 14.6 Å². The zero-order chi connectivity index (χ0) is 22.0. The maximum absolute atomic E-state index is 15.6. The summed E-state index contributed by atoms with van der Waals surface area (Å²) in [5.74, 6) is -1.30. The van der Waals surface area contributed by atoms with E-state index in [1.807, 2.05) is 12.3 Å². The van der Waals surface area contributed by atoms with E-state index in [-0.39, 0.29) is 36.1 Å². The van der Waals surface area contributed by atoms with Gasteiger partial charge in [-0.05, 0) is 18.1 Å². The Morgan fingerprint density at radius 2 is 2.12 bits per heavy atom. The van der Waals surface area contributed by atoms with Gasteiger partial charge in [0.05, 0.1) is 29.4 Å². The molecular weight excluding hydrogens is 440 g/mol. The number of hydrogen-bond acceptors (Lipinski definition) is 5. The van der Waals surface area contributed by atoms with Crippen molar-refractivity contribution in [2.24, 2.45) is 11.8 Å². The van der Waals surface area contributed by atoms with Crippen molar-refractivity contribution in [1.82, 2.24) is 30.2 Å². The molecule has 168 valence electrons. The second kappa shape index (κ2) is 7.50. The third-order valence-corrected chi connectivity index (χ3v) is 7.43. The summed E-state index contributed by atoms with van der Waals surface area (Å²) >= 11 is 6.73. The van der Waals surface area contributed by atoms with E-state index >= 15 is 4.39 Å². The molecule has 3 aliphatic rings. The highest BCUT2D eigenvalue weighted by Crippen LogP contribution is 2.49. The lowest BCUT2D eigenvalue weighted by Gasteiger charge is -2.43. The summed E-state index contributed by atoms with van der Waals surface area (Å²) in [4.78, 5) is 23.9. The number of H-pyrrole nitrogens is 1. The van der Waals surface area contributed by atoms with Crippen molar-refractivity contribution in [2.75, 3.05) is 11.9 Å². The predicted molar refractivity (Wildman–Crippen MR) is 114 cm³/mol. The van der Waals surface area contributed by atoms with E-state index in [9.17, 15) is 9.18 Å². The summed E-state index contributed by atoms with van der Waals surface area (Å²) in [5.41, 5.74) is 8.49. The fraction of sp³-hybridized carbons (Fsp3) is 0.476. The van der Waals surface area contributed by atoms with Crippen LogP contribution in [0.25, 0.3) is 5.65 Å². The van der Waals surface area contributed by atoms with Crippen LogP contribution in [0.15, 0.2) is 37.1 Å². The molecule has 0 bridgehead atoms. The smallest absolute Gasteiger partial charge is 0.231 e. The van der Waals surface area contributed by atoms with Gasteiger partial charge >= 0.3 is 0 Å². The molecule has 0 aromatic carbocycles. The highest BCUT2D eigenvalue weighted by molar-refractivity contribution is 6.21. The first kappa shape index (κ1) is 20.1. The van der Waals surface area contributed by atoms with E-state index < -0.39 is 23.6 Å². The molecule has 0 spiro atoms. The molecule has 1 aliphatic heterocycles. The minimum absolute atomic E-state index is 0.0356. The molecule has 6 rings (SSSR count). The van der Waals surface area contributed by atoms with Gasteiger partial charge in [0.1, 0.15) is 12.3 Å². The fourth-order valence-corrected chi connectivity index (χ4v) is 5.66. The number of imidazole rings is 1. The summed E-state index contributed by atoms with van der Waals surface area (Å²) in [6, 6.07) is 1.75. The Hall–Kier alpha value is -2.56. The van der Waals surface area contributed by atoms with E-state index in [2.05, 4.69) is 31.1 Å². The Kier molecular flexibility index (Phi) is 4.70. The second-order valence-electron chi connectivity index (χ2n) is 8.85. The van der Waals surface area contributed by atoms with E-state index in [1.165, 1.54) is 0 Å². The molecule has 1 amide bonds. The minimum atomic E-state index is -1.27. The lowest BCUT2D eigenvalue weighted by atomic mass is 9.67. The van der Waals surface area contributed by atoms with Crippen molar-refractivity contribution in [3.8, 4) is 0 Å². The first-order chi connectivity index (χ1) is 15.5. The molecule has 3 fully saturated rings. The zero-order valence-electron chi connectivity index (χ0n) is 16.9. The molecule has 2 saturated carbocycles. The number of amides is 1. The van der Waals surface area contributed by atoms with Gasteiger partial charge < -0.3 is 14.7 Å².